The van der Waals surface area contributed by atoms with Gasteiger partial charge in [-0.3, -0.25) is 4.68 Å². The molecular formula is C14H25N3O. The molecule has 1 aliphatic rings. The SMILES string of the molecule is CCc1nn(C)c(CC)c1CNCC1(O)CCC1. The van der Waals surface area contributed by atoms with E-state index < -0.39 is 5.60 Å². The lowest BCUT2D eigenvalue weighted by Gasteiger charge is -2.36. The molecule has 4 heteroatoms. The average Bonchev–Trinajstić information content (AvgIpc) is 2.63. The molecule has 0 spiro atoms. The largest absolute Gasteiger partial charge is 0.389 e. The molecule has 1 aromatic heterocycles. The van der Waals surface area contributed by atoms with E-state index >= 15 is 0 Å². The minimum atomic E-state index is -0.443. The highest BCUT2D eigenvalue weighted by atomic mass is 16.3. The monoisotopic (exact) mass is 251 g/mol. The quantitative estimate of drug-likeness (QED) is 0.806. The van der Waals surface area contributed by atoms with Crippen molar-refractivity contribution in [3.05, 3.63) is 17.0 Å². The lowest BCUT2D eigenvalue weighted by Crippen LogP contribution is -2.46. The molecule has 0 amide bonds. The minimum absolute atomic E-state index is 0.443. The Morgan fingerprint density at radius 2 is 2.06 bits per heavy atom. The molecule has 1 saturated carbocycles. The zero-order valence-corrected chi connectivity index (χ0v) is 11.8. The van der Waals surface area contributed by atoms with Crippen LogP contribution in [0.15, 0.2) is 0 Å². The fourth-order valence-electron chi connectivity index (χ4n) is 2.78. The van der Waals surface area contributed by atoms with Crippen LogP contribution in [0.5, 0.6) is 0 Å². The summed E-state index contributed by atoms with van der Waals surface area (Å²) in [4.78, 5) is 0. The van der Waals surface area contributed by atoms with Crippen molar-refractivity contribution in [3.63, 3.8) is 0 Å². The third kappa shape index (κ3) is 2.59. The van der Waals surface area contributed by atoms with Gasteiger partial charge in [-0.1, -0.05) is 13.8 Å². The van der Waals surface area contributed by atoms with Gasteiger partial charge in [-0.05, 0) is 32.1 Å². The van der Waals surface area contributed by atoms with Crippen LogP contribution in [-0.4, -0.2) is 27.0 Å². The summed E-state index contributed by atoms with van der Waals surface area (Å²) in [6.45, 7) is 5.83. The van der Waals surface area contributed by atoms with Crippen LogP contribution in [0.1, 0.15) is 50.1 Å². The zero-order chi connectivity index (χ0) is 13.2. The summed E-state index contributed by atoms with van der Waals surface area (Å²) >= 11 is 0. The highest BCUT2D eigenvalue weighted by Gasteiger charge is 2.33. The molecule has 0 atom stereocenters. The topological polar surface area (TPSA) is 50.1 Å². The van der Waals surface area contributed by atoms with Crippen LogP contribution in [-0.2, 0) is 26.4 Å². The van der Waals surface area contributed by atoms with Gasteiger partial charge in [0.05, 0.1) is 11.3 Å². The Bertz CT molecular complexity index is 407. The van der Waals surface area contributed by atoms with Crippen molar-refractivity contribution in [2.75, 3.05) is 6.54 Å². The van der Waals surface area contributed by atoms with Crippen LogP contribution in [0.2, 0.25) is 0 Å². The van der Waals surface area contributed by atoms with Gasteiger partial charge in [0.2, 0.25) is 0 Å². The van der Waals surface area contributed by atoms with Crippen LogP contribution in [0.4, 0.5) is 0 Å². The van der Waals surface area contributed by atoms with Gasteiger partial charge in [-0.25, -0.2) is 0 Å². The van der Waals surface area contributed by atoms with Gasteiger partial charge >= 0.3 is 0 Å². The Morgan fingerprint density at radius 3 is 2.56 bits per heavy atom. The minimum Gasteiger partial charge on any atom is -0.389 e. The van der Waals surface area contributed by atoms with Crippen molar-refractivity contribution in [2.45, 2.75) is 58.1 Å². The predicted octanol–water partition coefficient (Wildman–Crippen LogP) is 1.55. The number of hydrogen-bond donors (Lipinski definition) is 2. The maximum Gasteiger partial charge on any atom is 0.0771 e. The molecule has 2 rings (SSSR count). The van der Waals surface area contributed by atoms with Gasteiger partial charge in [0.1, 0.15) is 0 Å². The number of nitrogens with one attached hydrogen (secondary N) is 1. The summed E-state index contributed by atoms with van der Waals surface area (Å²) in [7, 11) is 2.01. The molecule has 0 aromatic carbocycles. The average molecular weight is 251 g/mol. The number of aliphatic hydroxyl groups is 1. The molecule has 18 heavy (non-hydrogen) atoms. The highest BCUT2D eigenvalue weighted by molar-refractivity contribution is 5.26. The summed E-state index contributed by atoms with van der Waals surface area (Å²) in [6, 6.07) is 0. The van der Waals surface area contributed by atoms with Crippen molar-refractivity contribution in [3.8, 4) is 0 Å². The number of rotatable bonds is 6. The zero-order valence-electron chi connectivity index (χ0n) is 11.8. The summed E-state index contributed by atoms with van der Waals surface area (Å²) in [5.74, 6) is 0. The van der Waals surface area contributed by atoms with Crippen LogP contribution in [0, 0.1) is 0 Å². The van der Waals surface area contributed by atoms with Gasteiger partial charge in [0.15, 0.2) is 0 Å². The summed E-state index contributed by atoms with van der Waals surface area (Å²) in [5.41, 5.74) is 3.37. The number of aromatic nitrogens is 2. The van der Waals surface area contributed by atoms with Gasteiger partial charge < -0.3 is 10.4 Å². The Hall–Kier alpha value is -0.870. The molecule has 0 unspecified atom stereocenters. The Labute approximate surface area is 109 Å². The molecule has 0 aliphatic heterocycles. The lowest BCUT2D eigenvalue weighted by atomic mass is 9.80. The first kappa shape index (κ1) is 13.6. The molecule has 0 bridgehead atoms. The van der Waals surface area contributed by atoms with E-state index in [-0.39, 0.29) is 0 Å². The van der Waals surface area contributed by atoms with Crippen LogP contribution in [0.25, 0.3) is 0 Å². The summed E-state index contributed by atoms with van der Waals surface area (Å²) < 4.78 is 1.99. The molecule has 0 radical (unpaired) electrons. The number of hydrogen-bond acceptors (Lipinski definition) is 3. The number of aryl methyl sites for hydroxylation is 2. The van der Waals surface area contributed by atoms with Crippen LogP contribution < -0.4 is 5.32 Å². The van der Waals surface area contributed by atoms with E-state index in [1.54, 1.807) is 0 Å². The first-order valence-electron chi connectivity index (χ1n) is 7.06. The molecule has 1 aromatic rings. The summed E-state index contributed by atoms with van der Waals surface area (Å²) in [5, 5.41) is 18.0. The van der Waals surface area contributed by atoms with Crippen molar-refractivity contribution in [1.29, 1.82) is 0 Å². The van der Waals surface area contributed by atoms with Crippen LogP contribution in [0.3, 0.4) is 0 Å². The van der Waals surface area contributed by atoms with E-state index in [0.29, 0.717) is 6.54 Å². The fraction of sp³-hybridized carbons (Fsp3) is 0.786. The molecule has 4 nitrogen and oxygen atoms in total. The van der Waals surface area contributed by atoms with Crippen molar-refractivity contribution in [1.82, 2.24) is 15.1 Å². The van der Waals surface area contributed by atoms with E-state index in [1.807, 2.05) is 11.7 Å². The van der Waals surface area contributed by atoms with E-state index in [2.05, 4.69) is 24.3 Å². The maximum absolute atomic E-state index is 10.1. The third-order valence-electron chi connectivity index (χ3n) is 4.07. The van der Waals surface area contributed by atoms with Gasteiger partial charge in [-0.15, -0.1) is 0 Å². The molecule has 0 saturated heterocycles. The second kappa shape index (κ2) is 5.41. The first-order chi connectivity index (χ1) is 8.59. The van der Waals surface area contributed by atoms with Gasteiger partial charge in [0, 0.05) is 31.4 Å². The Morgan fingerprint density at radius 1 is 1.33 bits per heavy atom. The second-order valence-electron chi connectivity index (χ2n) is 5.38. The molecule has 1 heterocycles. The van der Waals surface area contributed by atoms with E-state index in [0.717, 1.165) is 38.6 Å². The maximum atomic E-state index is 10.1. The highest BCUT2D eigenvalue weighted by Crippen LogP contribution is 2.30. The normalized spacial score (nSPS) is 17.8. The van der Waals surface area contributed by atoms with Crippen LogP contribution >= 0.6 is 0 Å². The molecule has 1 fully saturated rings. The predicted molar refractivity (Wildman–Crippen MR) is 72.5 cm³/mol. The third-order valence-corrected chi connectivity index (χ3v) is 4.07. The van der Waals surface area contributed by atoms with Crippen molar-refractivity contribution >= 4 is 0 Å². The van der Waals surface area contributed by atoms with E-state index in [9.17, 15) is 5.11 Å². The summed E-state index contributed by atoms with van der Waals surface area (Å²) in [6.07, 6.45) is 5.01. The van der Waals surface area contributed by atoms with Gasteiger partial charge in [0.25, 0.3) is 0 Å². The van der Waals surface area contributed by atoms with Crippen molar-refractivity contribution in [2.24, 2.45) is 7.05 Å². The Kier molecular flexibility index (Phi) is 4.07. The first-order valence-corrected chi connectivity index (χ1v) is 7.06. The van der Waals surface area contributed by atoms with Gasteiger partial charge in [-0.2, -0.15) is 5.10 Å². The molecule has 1 aliphatic carbocycles. The number of nitrogens with zero attached hydrogens (tertiary/aromatic N) is 2. The fourth-order valence-corrected chi connectivity index (χ4v) is 2.78. The smallest absolute Gasteiger partial charge is 0.0771 e. The molecule has 2 N–H and O–H groups in total. The Balaban J connectivity index is 1.99. The lowest BCUT2D eigenvalue weighted by molar-refractivity contribution is -0.0315. The standard InChI is InChI=1S/C14H25N3O/c1-4-12-11(13(5-2)17(3)16-12)9-15-10-14(18)7-6-8-14/h15,18H,4-10H2,1-3H3. The molecular weight excluding hydrogens is 226 g/mol. The van der Waals surface area contributed by atoms with E-state index in [4.69, 9.17) is 0 Å². The molecule has 102 valence electrons. The second-order valence-corrected chi connectivity index (χ2v) is 5.38. The van der Waals surface area contributed by atoms with Crippen molar-refractivity contribution < 1.29 is 5.11 Å². The van der Waals surface area contributed by atoms with E-state index in [1.165, 1.54) is 17.0 Å².